The topological polar surface area (TPSA) is 149 Å². The van der Waals surface area contributed by atoms with E-state index in [4.69, 9.17) is 0 Å². The van der Waals surface area contributed by atoms with E-state index in [0.717, 1.165) is 22.6 Å². The Bertz CT molecular complexity index is 1360. The Kier molecular flexibility index (Phi) is 11.0. The van der Waals surface area contributed by atoms with Crippen LogP contribution in [0, 0.1) is 0 Å². The summed E-state index contributed by atoms with van der Waals surface area (Å²) in [6.45, 7) is 0.0591. The molecule has 3 heterocycles. The molecule has 3 aromatic heterocycles. The molecule has 0 spiro atoms. The Morgan fingerprint density at radius 1 is 0.667 bits per heavy atom. The minimum atomic E-state index is -1.47. The summed E-state index contributed by atoms with van der Waals surface area (Å²) in [6.07, 6.45) is 5.33. The zero-order valence-corrected chi connectivity index (χ0v) is 23.3. The van der Waals surface area contributed by atoms with Crippen LogP contribution in [0.4, 0.5) is 0 Å². The van der Waals surface area contributed by atoms with Crippen LogP contribution in [0.2, 0.25) is 0 Å². The number of aromatic nitrogens is 3. The van der Waals surface area contributed by atoms with E-state index < -0.39 is 31.3 Å². The highest BCUT2D eigenvalue weighted by Gasteiger charge is 2.29. The van der Waals surface area contributed by atoms with Gasteiger partial charge >= 0.3 is 0 Å². The van der Waals surface area contributed by atoms with Gasteiger partial charge in [0.2, 0.25) is 5.91 Å². The van der Waals surface area contributed by atoms with Crippen molar-refractivity contribution < 1.29 is 24.9 Å². The third-order valence-corrected chi connectivity index (χ3v) is 6.82. The van der Waals surface area contributed by atoms with Crippen molar-refractivity contribution in [1.82, 2.24) is 25.2 Å². The number of Topliss-reactive ketones (excluding diaryl/α,β-unsaturated/α-hetero) is 1. The molecule has 4 aromatic rings. The average Bonchev–Trinajstić information content (AvgIpc) is 3.02. The quantitative estimate of drug-likeness (QED) is 0.157. The number of benzene rings is 1. The van der Waals surface area contributed by atoms with Gasteiger partial charge in [-0.05, 0) is 47.5 Å². The van der Waals surface area contributed by atoms with Crippen molar-refractivity contribution in [3.63, 3.8) is 0 Å². The number of carbonyl (C=O) groups excluding carboxylic acids is 2. The molecule has 1 aromatic carbocycles. The molecule has 0 radical (unpaired) electrons. The van der Waals surface area contributed by atoms with E-state index in [2.05, 4.69) is 25.2 Å². The zero-order valence-electron chi connectivity index (χ0n) is 23.3. The van der Waals surface area contributed by atoms with Crippen LogP contribution in [0.3, 0.4) is 0 Å². The van der Waals surface area contributed by atoms with Crippen LogP contribution in [0.15, 0.2) is 91.4 Å². The second-order valence-corrected chi connectivity index (χ2v) is 10.2. The fourth-order valence-electron chi connectivity index (χ4n) is 4.38. The van der Waals surface area contributed by atoms with Gasteiger partial charge in [0.25, 0.3) is 0 Å². The molecule has 0 aliphatic carbocycles. The first-order valence-corrected chi connectivity index (χ1v) is 13.6. The average molecular weight is 570 g/mol. The number of nitrogens with zero attached hydrogens (tertiary/aromatic N) is 4. The number of pyridine rings is 3. The lowest BCUT2D eigenvalue weighted by molar-refractivity contribution is -0.124. The molecule has 0 saturated heterocycles. The number of rotatable bonds is 15. The fourth-order valence-corrected chi connectivity index (χ4v) is 4.38. The third kappa shape index (κ3) is 8.82. The smallest absolute Gasteiger partial charge is 0.225 e. The molecule has 42 heavy (non-hydrogen) atoms. The number of hydrogen-bond acceptors (Lipinski definition) is 9. The maximum Gasteiger partial charge on any atom is 0.225 e. The third-order valence-electron chi connectivity index (χ3n) is 6.82. The van der Waals surface area contributed by atoms with Crippen molar-refractivity contribution >= 4 is 11.7 Å². The van der Waals surface area contributed by atoms with Gasteiger partial charge < -0.3 is 20.6 Å². The van der Waals surface area contributed by atoms with Crippen molar-refractivity contribution in [2.75, 3.05) is 19.8 Å². The molecule has 0 atom stereocenters. The SMILES string of the molecule is O=C(Cc1ccc(CC(=O)c2ccc(CN(Cc3ccccn3)Cc3ccccn3)nc2)cc1)NC(CO)(CO)CO. The van der Waals surface area contributed by atoms with Crippen molar-refractivity contribution in [3.8, 4) is 0 Å². The van der Waals surface area contributed by atoms with Gasteiger partial charge in [-0.25, -0.2) is 0 Å². The minimum absolute atomic E-state index is 0.000946. The van der Waals surface area contributed by atoms with Gasteiger partial charge in [0.15, 0.2) is 5.78 Å². The van der Waals surface area contributed by atoms with Crippen LogP contribution in [0.5, 0.6) is 0 Å². The number of amides is 1. The van der Waals surface area contributed by atoms with Crippen LogP contribution < -0.4 is 5.32 Å². The first-order valence-electron chi connectivity index (χ1n) is 13.6. The summed E-state index contributed by atoms with van der Waals surface area (Å²) < 4.78 is 0. The van der Waals surface area contributed by atoms with E-state index in [-0.39, 0.29) is 18.6 Å². The Labute approximate surface area is 244 Å². The predicted molar refractivity (Wildman–Crippen MR) is 156 cm³/mol. The molecular formula is C32H35N5O5. The molecule has 0 aliphatic heterocycles. The van der Waals surface area contributed by atoms with Crippen molar-refractivity contribution in [2.24, 2.45) is 0 Å². The Hall–Kier alpha value is -4.35. The number of carbonyl (C=O) groups is 2. The lowest BCUT2D eigenvalue weighted by atomic mass is 10.0. The monoisotopic (exact) mass is 569 g/mol. The molecular weight excluding hydrogens is 534 g/mol. The molecule has 0 fully saturated rings. The summed E-state index contributed by atoms with van der Waals surface area (Å²) >= 11 is 0. The summed E-state index contributed by atoms with van der Waals surface area (Å²) in [5.74, 6) is -0.516. The van der Waals surface area contributed by atoms with Gasteiger partial charge in [-0.3, -0.25) is 29.4 Å². The molecule has 0 bridgehead atoms. The standard InChI is InChI=1S/C32H35N5O5/c38-21-32(22-39,23-40)36-31(42)16-25-9-7-24(8-10-25)15-30(41)26-11-12-29(35-17-26)20-37(18-27-5-1-3-13-33-27)19-28-6-2-4-14-34-28/h1-14,17,38-40H,15-16,18-23H2,(H,36,42). The van der Waals surface area contributed by atoms with Gasteiger partial charge in [-0.15, -0.1) is 0 Å². The Morgan fingerprint density at radius 2 is 1.19 bits per heavy atom. The Balaban J connectivity index is 1.34. The molecule has 10 heteroatoms. The predicted octanol–water partition coefficient (Wildman–Crippen LogP) is 1.87. The fraction of sp³-hybridized carbons (Fsp3) is 0.281. The molecule has 10 nitrogen and oxygen atoms in total. The van der Waals surface area contributed by atoms with Crippen LogP contribution in [0.1, 0.15) is 38.6 Å². The van der Waals surface area contributed by atoms with Crippen LogP contribution >= 0.6 is 0 Å². The number of aliphatic hydroxyl groups excluding tert-OH is 3. The van der Waals surface area contributed by atoms with E-state index in [9.17, 15) is 24.9 Å². The minimum Gasteiger partial charge on any atom is -0.394 e. The van der Waals surface area contributed by atoms with Gasteiger partial charge in [0, 0.05) is 50.2 Å². The summed E-state index contributed by atoms with van der Waals surface area (Å²) in [5.41, 5.74) is 3.24. The van der Waals surface area contributed by atoms with Crippen LogP contribution in [0.25, 0.3) is 0 Å². The number of nitrogens with one attached hydrogen (secondary N) is 1. The van der Waals surface area contributed by atoms with E-state index in [1.807, 2.05) is 42.5 Å². The molecule has 218 valence electrons. The normalized spacial score (nSPS) is 11.4. The Morgan fingerprint density at radius 3 is 1.64 bits per heavy atom. The van der Waals surface area contributed by atoms with Crippen LogP contribution in [-0.2, 0) is 37.3 Å². The van der Waals surface area contributed by atoms with Gasteiger partial charge in [-0.2, -0.15) is 0 Å². The molecule has 1 amide bonds. The number of hydrogen-bond donors (Lipinski definition) is 4. The molecule has 0 unspecified atom stereocenters. The summed E-state index contributed by atoms with van der Waals surface area (Å²) in [5, 5.41) is 30.6. The lowest BCUT2D eigenvalue weighted by Gasteiger charge is -2.28. The van der Waals surface area contributed by atoms with Gasteiger partial charge in [0.05, 0.1) is 43.3 Å². The van der Waals surface area contributed by atoms with E-state index in [0.29, 0.717) is 30.8 Å². The molecule has 4 N–H and O–H groups in total. The second kappa shape index (κ2) is 15.0. The molecule has 0 aliphatic rings. The maximum absolute atomic E-state index is 12.9. The van der Waals surface area contributed by atoms with E-state index in [1.54, 1.807) is 48.9 Å². The maximum atomic E-state index is 12.9. The number of ketones is 1. The second-order valence-electron chi connectivity index (χ2n) is 10.2. The lowest BCUT2D eigenvalue weighted by Crippen LogP contribution is -2.57. The largest absolute Gasteiger partial charge is 0.394 e. The highest BCUT2D eigenvalue weighted by molar-refractivity contribution is 5.97. The highest BCUT2D eigenvalue weighted by atomic mass is 16.3. The van der Waals surface area contributed by atoms with Gasteiger partial charge in [-0.1, -0.05) is 36.4 Å². The summed E-state index contributed by atoms with van der Waals surface area (Å²) in [4.78, 5) is 40.9. The van der Waals surface area contributed by atoms with Crippen molar-refractivity contribution in [2.45, 2.75) is 38.0 Å². The van der Waals surface area contributed by atoms with Gasteiger partial charge in [0.1, 0.15) is 5.54 Å². The first-order chi connectivity index (χ1) is 20.4. The zero-order chi connectivity index (χ0) is 29.8. The summed E-state index contributed by atoms with van der Waals surface area (Å²) in [7, 11) is 0. The van der Waals surface area contributed by atoms with Crippen molar-refractivity contribution in [3.05, 3.63) is 125 Å². The van der Waals surface area contributed by atoms with E-state index in [1.165, 1.54) is 0 Å². The summed E-state index contributed by atoms with van der Waals surface area (Å²) in [6, 6.07) is 22.4. The first kappa shape index (κ1) is 30.6. The van der Waals surface area contributed by atoms with Crippen molar-refractivity contribution in [1.29, 1.82) is 0 Å². The van der Waals surface area contributed by atoms with Crippen LogP contribution in [-0.4, -0.2) is 72.2 Å². The molecule has 0 saturated carbocycles. The highest BCUT2D eigenvalue weighted by Crippen LogP contribution is 2.14. The molecule has 4 rings (SSSR count). The number of aliphatic hydroxyl groups is 3. The van der Waals surface area contributed by atoms with E-state index >= 15 is 0 Å².